The molecule has 0 radical (unpaired) electrons. The van der Waals surface area contributed by atoms with E-state index in [-0.39, 0.29) is 10.3 Å². The minimum absolute atomic E-state index is 0.0632. The van der Waals surface area contributed by atoms with Crippen molar-refractivity contribution in [3.8, 4) is 22.5 Å². The molecule has 9 heteroatoms. The molecule has 1 atom stereocenters. The molecule has 36 heavy (non-hydrogen) atoms. The normalized spacial score (nSPS) is 16.6. The van der Waals surface area contributed by atoms with Crippen LogP contribution in [0.1, 0.15) is 45.0 Å². The van der Waals surface area contributed by atoms with E-state index in [1.807, 2.05) is 30.3 Å². The Bertz CT molecular complexity index is 1540. The molecule has 186 valence electrons. The van der Waals surface area contributed by atoms with Crippen LogP contribution in [0, 0.1) is 5.41 Å². The summed E-state index contributed by atoms with van der Waals surface area (Å²) in [5.74, 6) is 0.945. The van der Waals surface area contributed by atoms with E-state index >= 15 is 0 Å². The van der Waals surface area contributed by atoms with Gasteiger partial charge >= 0.3 is 0 Å². The fourth-order valence-corrected chi connectivity index (χ4v) is 5.25. The Morgan fingerprint density at radius 3 is 2.58 bits per heavy atom. The van der Waals surface area contributed by atoms with E-state index in [4.69, 9.17) is 15.2 Å². The average molecular weight is 503 g/mol. The maximum absolute atomic E-state index is 11.6. The molecule has 1 aliphatic heterocycles. The molecular formula is C27H30N6O2S. The molecule has 0 saturated heterocycles. The van der Waals surface area contributed by atoms with Gasteiger partial charge < -0.3 is 5.32 Å². The standard InChI is InChI=1S/C27H30N6O2S/c1-5-19-7-6-8-22(30-19)25-24(26-17(2)27(3,4)16-33(26)32-25)18-13-14-29-23(15-18)31-20-9-11-21(12-10-20)36(28,34)35/h6-15,17H,5,16H2,1-4H3,(H,29,31)(H2,28,34,35). The number of pyridine rings is 2. The van der Waals surface area contributed by atoms with E-state index in [0.717, 1.165) is 41.2 Å². The Hall–Kier alpha value is -3.56. The number of hydrogen-bond donors (Lipinski definition) is 2. The number of aromatic nitrogens is 4. The quantitative estimate of drug-likeness (QED) is 0.379. The maximum atomic E-state index is 11.6. The first-order valence-electron chi connectivity index (χ1n) is 12.0. The number of sulfonamides is 1. The Morgan fingerprint density at radius 1 is 1.14 bits per heavy atom. The van der Waals surface area contributed by atoms with Gasteiger partial charge in [0.2, 0.25) is 10.0 Å². The van der Waals surface area contributed by atoms with Crippen molar-refractivity contribution in [1.82, 2.24) is 19.7 Å². The topological polar surface area (TPSA) is 116 Å². The number of nitrogens with two attached hydrogens (primary N) is 1. The van der Waals surface area contributed by atoms with Gasteiger partial charge in [-0.3, -0.25) is 9.67 Å². The van der Waals surface area contributed by atoms with Crippen LogP contribution in [0.2, 0.25) is 0 Å². The van der Waals surface area contributed by atoms with Gasteiger partial charge in [-0.25, -0.2) is 18.5 Å². The summed E-state index contributed by atoms with van der Waals surface area (Å²) in [4.78, 5) is 9.43. The zero-order valence-corrected chi connectivity index (χ0v) is 21.7. The molecule has 1 aromatic carbocycles. The Morgan fingerprint density at radius 2 is 1.89 bits per heavy atom. The second kappa shape index (κ2) is 8.83. The molecule has 3 aromatic heterocycles. The van der Waals surface area contributed by atoms with Gasteiger partial charge in [0.1, 0.15) is 11.5 Å². The summed E-state index contributed by atoms with van der Waals surface area (Å²) in [6.45, 7) is 9.75. The van der Waals surface area contributed by atoms with Crippen LogP contribution in [-0.4, -0.2) is 28.2 Å². The van der Waals surface area contributed by atoms with Crippen molar-refractivity contribution >= 4 is 21.5 Å². The van der Waals surface area contributed by atoms with Gasteiger partial charge in [0, 0.05) is 35.6 Å². The molecule has 0 amide bonds. The van der Waals surface area contributed by atoms with Crippen LogP contribution in [-0.2, 0) is 23.0 Å². The van der Waals surface area contributed by atoms with Gasteiger partial charge in [-0.2, -0.15) is 5.10 Å². The highest BCUT2D eigenvalue weighted by molar-refractivity contribution is 7.89. The van der Waals surface area contributed by atoms with Crippen LogP contribution in [0.4, 0.5) is 11.5 Å². The van der Waals surface area contributed by atoms with Crippen LogP contribution >= 0.6 is 0 Å². The smallest absolute Gasteiger partial charge is 0.238 e. The van der Waals surface area contributed by atoms with E-state index in [1.165, 1.54) is 17.8 Å². The predicted molar refractivity (Wildman–Crippen MR) is 141 cm³/mol. The second-order valence-electron chi connectivity index (χ2n) is 9.97. The van der Waals surface area contributed by atoms with Crippen molar-refractivity contribution in [3.05, 3.63) is 72.2 Å². The lowest BCUT2D eigenvalue weighted by molar-refractivity contribution is 0.301. The van der Waals surface area contributed by atoms with E-state index in [1.54, 1.807) is 18.3 Å². The summed E-state index contributed by atoms with van der Waals surface area (Å²) >= 11 is 0. The van der Waals surface area contributed by atoms with Crippen LogP contribution < -0.4 is 10.5 Å². The molecule has 4 heterocycles. The third-order valence-corrected chi connectivity index (χ3v) is 7.98. The molecule has 4 aromatic rings. The van der Waals surface area contributed by atoms with Crippen molar-refractivity contribution < 1.29 is 8.42 Å². The molecule has 3 N–H and O–H groups in total. The Kier molecular flexibility index (Phi) is 5.92. The van der Waals surface area contributed by atoms with Crippen molar-refractivity contribution in [2.75, 3.05) is 5.32 Å². The molecule has 0 bridgehead atoms. The highest BCUT2D eigenvalue weighted by atomic mass is 32.2. The number of nitrogens with zero attached hydrogens (tertiary/aromatic N) is 4. The number of nitrogens with one attached hydrogen (secondary N) is 1. The van der Waals surface area contributed by atoms with E-state index < -0.39 is 10.0 Å². The summed E-state index contributed by atoms with van der Waals surface area (Å²) in [5, 5.41) is 13.5. The number of fused-ring (bicyclic) bond motifs is 1. The number of rotatable bonds is 6. The summed E-state index contributed by atoms with van der Waals surface area (Å²) < 4.78 is 25.3. The third kappa shape index (κ3) is 4.40. The molecule has 1 aliphatic rings. The molecule has 0 aliphatic carbocycles. The molecule has 5 rings (SSSR count). The number of benzene rings is 1. The predicted octanol–water partition coefficient (Wildman–Crippen LogP) is 5.10. The van der Waals surface area contributed by atoms with Crippen LogP contribution in [0.15, 0.2) is 65.7 Å². The monoisotopic (exact) mass is 502 g/mol. The van der Waals surface area contributed by atoms with Crippen LogP contribution in [0.25, 0.3) is 22.5 Å². The summed E-state index contributed by atoms with van der Waals surface area (Å²) in [6, 6.07) is 16.4. The highest BCUT2D eigenvalue weighted by Crippen LogP contribution is 2.49. The lowest BCUT2D eigenvalue weighted by atomic mass is 9.79. The summed E-state index contributed by atoms with van der Waals surface area (Å²) in [5.41, 5.74) is 6.83. The minimum atomic E-state index is -3.74. The number of hydrogen-bond acceptors (Lipinski definition) is 6. The van der Waals surface area contributed by atoms with Gasteiger partial charge in [0.15, 0.2) is 0 Å². The highest BCUT2D eigenvalue weighted by Gasteiger charge is 2.40. The lowest BCUT2D eigenvalue weighted by Gasteiger charge is -2.23. The number of anilines is 2. The number of aryl methyl sites for hydroxylation is 1. The van der Waals surface area contributed by atoms with E-state index in [9.17, 15) is 8.42 Å². The molecule has 0 fully saturated rings. The first-order chi connectivity index (χ1) is 17.1. The fraction of sp³-hybridized carbons (Fsp3) is 0.296. The van der Waals surface area contributed by atoms with Gasteiger partial charge in [-0.05, 0) is 65.9 Å². The minimum Gasteiger partial charge on any atom is -0.340 e. The first-order valence-corrected chi connectivity index (χ1v) is 13.5. The first kappa shape index (κ1) is 24.1. The van der Waals surface area contributed by atoms with Crippen molar-refractivity contribution in [2.45, 2.75) is 51.5 Å². The van der Waals surface area contributed by atoms with Crippen molar-refractivity contribution in [2.24, 2.45) is 10.6 Å². The molecule has 0 spiro atoms. The van der Waals surface area contributed by atoms with Crippen molar-refractivity contribution in [1.29, 1.82) is 0 Å². The maximum Gasteiger partial charge on any atom is 0.238 e. The van der Waals surface area contributed by atoms with Crippen LogP contribution in [0.3, 0.4) is 0 Å². The zero-order chi connectivity index (χ0) is 25.7. The van der Waals surface area contributed by atoms with Gasteiger partial charge in [-0.15, -0.1) is 0 Å². The largest absolute Gasteiger partial charge is 0.340 e. The van der Waals surface area contributed by atoms with Crippen molar-refractivity contribution in [3.63, 3.8) is 0 Å². The third-order valence-electron chi connectivity index (χ3n) is 7.05. The van der Waals surface area contributed by atoms with Gasteiger partial charge in [-0.1, -0.05) is 33.8 Å². The fourth-order valence-electron chi connectivity index (χ4n) is 4.73. The molecular weight excluding hydrogens is 472 g/mol. The molecule has 8 nitrogen and oxygen atoms in total. The molecule has 0 saturated carbocycles. The number of primary sulfonamides is 1. The summed E-state index contributed by atoms with van der Waals surface area (Å²) in [6.07, 6.45) is 2.62. The molecule has 1 unspecified atom stereocenters. The lowest BCUT2D eigenvalue weighted by Crippen LogP contribution is -2.17. The van der Waals surface area contributed by atoms with Gasteiger partial charge in [0.25, 0.3) is 0 Å². The van der Waals surface area contributed by atoms with E-state index in [2.05, 4.69) is 42.7 Å². The van der Waals surface area contributed by atoms with Gasteiger partial charge in [0.05, 0.1) is 16.3 Å². The Labute approximate surface area is 211 Å². The zero-order valence-electron chi connectivity index (χ0n) is 20.9. The average Bonchev–Trinajstić information content (AvgIpc) is 3.31. The van der Waals surface area contributed by atoms with Crippen LogP contribution in [0.5, 0.6) is 0 Å². The Balaban J connectivity index is 1.58. The summed E-state index contributed by atoms with van der Waals surface area (Å²) in [7, 11) is -3.74. The SMILES string of the molecule is CCc1cccc(-c2nn3c(c2-c2ccnc(Nc4ccc(S(N)(=O)=O)cc4)c2)C(C)C(C)(C)C3)n1. The van der Waals surface area contributed by atoms with E-state index in [0.29, 0.717) is 17.4 Å². The second-order valence-corrected chi connectivity index (χ2v) is 11.5.